The summed E-state index contributed by atoms with van der Waals surface area (Å²) in [6, 6.07) is 1.93. The molecular formula is C17H20BrN7O2. The van der Waals surface area contributed by atoms with Crippen molar-refractivity contribution in [2.45, 2.75) is 38.8 Å². The fraction of sp³-hybridized carbons (Fsp3) is 0.471. The Balaban J connectivity index is 1.58. The van der Waals surface area contributed by atoms with Gasteiger partial charge < -0.3 is 15.0 Å². The maximum absolute atomic E-state index is 12.1. The molecule has 9 nitrogen and oxygen atoms in total. The Morgan fingerprint density at radius 3 is 2.81 bits per heavy atom. The Labute approximate surface area is 164 Å². The number of rotatable bonds is 2. The zero-order valence-electron chi connectivity index (χ0n) is 15.5. The Hall–Kier alpha value is -2.49. The van der Waals surface area contributed by atoms with E-state index in [9.17, 15) is 4.79 Å². The van der Waals surface area contributed by atoms with E-state index >= 15 is 0 Å². The van der Waals surface area contributed by atoms with Crippen molar-refractivity contribution >= 4 is 44.7 Å². The zero-order chi connectivity index (χ0) is 19.4. The van der Waals surface area contributed by atoms with Gasteiger partial charge in [0.2, 0.25) is 5.65 Å². The second-order valence-electron chi connectivity index (χ2n) is 8.03. The van der Waals surface area contributed by atoms with Crippen LogP contribution in [0.25, 0.3) is 16.8 Å². The average molecular weight is 434 g/mol. The fourth-order valence-corrected chi connectivity index (χ4v) is 3.46. The van der Waals surface area contributed by atoms with Gasteiger partial charge in [-0.3, -0.25) is 4.40 Å². The number of ether oxygens (including phenoxy) is 1. The molecule has 4 heterocycles. The molecule has 1 aliphatic rings. The maximum atomic E-state index is 12.1. The number of fused-ring (bicyclic) bond motifs is 3. The fourth-order valence-electron chi connectivity index (χ4n) is 3.14. The predicted molar refractivity (Wildman–Crippen MR) is 104 cm³/mol. The molecule has 142 valence electrons. The van der Waals surface area contributed by atoms with E-state index in [4.69, 9.17) is 4.74 Å². The molecule has 3 aromatic rings. The molecule has 0 bridgehead atoms. The highest BCUT2D eigenvalue weighted by Crippen LogP contribution is 2.32. The number of nitrogens with zero attached hydrogens (tertiary/aromatic N) is 6. The maximum Gasteiger partial charge on any atom is 0.408 e. The van der Waals surface area contributed by atoms with Crippen molar-refractivity contribution in [2.75, 3.05) is 18.0 Å². The van der Waals surface area contributed by atoms with Crippen LogP contribution >= 0.6 is 15.9 Å². The van der Waals surface area contributed by atoms with Crippen molar-refractivity contribution in [2.24, 2.45) is 0 Å². The van der Waals surface area contributed by atoms with E-state index in [1.165, 1.54) is 0 Å². The summed E-state index contributed by atoms with van der Waals surface area (Å²) in [5.41, 5.74) is 1.13. The second-order valence-corrected chi connectivity index (χ2v) is 8.94. The SMILES string of the molecule is CC(C)(C)NC(=O)OC1(C)CN(c2nc3ncc(Br)cc3n3cnnc23)C1. The summed E-state index contributed by atoms with van der Waals surface area (Å²) in [6.07, 6.45) is 2.92. The summed E-state index contributed by atoms with van der Waals surface area (Å²) < 4.78 is 8.33. The Morgan fingerprint density at radius 1 is 1.37 bits per heavy atom. The van der Waals surface area contributed by atoms with Crippen LogP contribution in [0.5, 0.6) is 0 Å². The molecule has 0 atom stereocenters. The van der Waals surface area contributed by atoms with Crippen molar-refractivity contribution in [1.29, 1.82) is 0 Å². The van der Waals surface area contributed by atoms with Gasteiger partial charge in [0, 0.05) is 16.2 Å². The van der Waals surface area contributed by atoms with Gasteiger partial charge in [-0.2, -0.15) is 0 Å². The van der Waals surface area contributed by atoms with Gasteiger partial charge in [-0.1, -0.05) is 0 Å². The normalized spacial score (nSPS) is 16.4. The van der Waals surface area contributed by atoms with Gasteiger partial charge in [-0.25, -0.2) is 14.8 Å². The minimum absolute atomic E-state index is 0.343. The zero-order valence-corrected chi connectivity index (χ0v) is 17.1. The average Bonchev–Trinajstić information content (AvgIpc) is 3.00. The highest BCUT2D eigenvalue weighted by atomic mass is 79.9. The van der Waals surface area contributed by atoms with Crippen molar-refractivity contribution < 1.29 is 9.53 Å². The molecule has 3 aromatic heterocycles. The molecule has 0 spiro atoms. The first-order valence-corrected chi connectivity index (χ1v) is 9.34. The number of alkyl carbamates (subject to hydrolysis) is 1. The Kier molecular flexibility index (Phi) is 3.99. The molecule has 0 radical (unpaired) electrons. The summed E-state index contributed by atoms with van der Waals surface area (Å²) in [6.45, 7) is 8.68. The molecule has 0 aromatic carbocycles. The third kappa shape index (κ3) is 3.41. The predicted octanol–water partition coefficient (Wildman–Crippen LogP) is 2.54. The van der Waals surface area contributed by atoms with Crippen molar-refractivity contribution in [1.82, 2.24) is 29.9 Å². The number of aromatic nitrogens is 5. The standard InChI is InChI=1S/C17H20BrN7O2/c1-16(2,3)22-15(26)27-17(4)7-24(8-17)13-14-23-20-9-25(14)11-5-10(18)6-19-12(11)21-13/h5-6,9H,7-8H2,1-4H3,(H,22,26). The van der Waals surface area contributed by atoms with Crippen LogP contribution in [0.1, 0.15) is 27.7 Å². The molecule has 10 heteroatoms. The van der Waals surface area contributed by atoms with Crippen LogP contribution in [-0.2, 0) is 4.74 Å². The summed E-state index contributed by atoms with van der Waals surface area (Å²) in [5.74, 6) is 0.673. The summed E-state index contributed by atoms with van der Waals surface area (Å²) in [4.78, 5) is 23.1. The van der Waals surface area contributed by atoms with E-state index in [1.807, 2.05) is 43.1 Å². The van der Waals surface area contributed by atoms with Gasteiger partial charge in [0.1, 0.15) is 11.9 Å². The first kappa shape index (κ1) is 17.9. The minimum atomic E-state index is -0.587. The lowest BCUT2D eigenvalue weighted by molar-refractivity contribution is 0.000832. The molecule has 1 N–H and O–H groups in total. The largest absolute Gasteiger partial charge is 0.439 e. The van der Waals surface area contributed by atoms with Crippen LogP contribution in [-0.4, -0.2) is 54.9 Å². The van der Waals surface area contributed by atoms with Gasteiger partial charge in [-0.05, 0) is 49.7 Å². The van der Waals surface area contributed by atoms with E-state index < -0.39 is 11.7 Å². The lowest BCUT2D eigenvalue weighted by Crippen LogP contribution is -2.63. The minimum Gasteiger partial charge on any atom is -0.439 e. The third-order valence-corrected chi connectivity index (χ3v) is 4.63. The topological polar surface area (TPSA) is 97.5 Å². The van der Waals surface area contributed by atoms with E-state index in [-0.39, 0.29) is 5.54 Å². The molecule has 1 saturated heterocycles. The lowest BCUT2D eigenvalue weighted by Gasteiger charge is -2.47. The van der Waals surface area contributed by atoms with Crippen LogP contribution in [0, 0.1) is 0 Å². The lowest BCUT2D eigenvalue weighted by atomic mass is 9.96. The molecule has 1 amide bonds. The smallest absolute Gasteiger partial charge is 0.408 e. The third-order valence-electron chi connectivity index (χ3n) is 4.20. The van der Waals surface area contributed by atoms with Crippen molar-refractivity contribution in [3.05, 3.63) is 23.1 Å². The Morgan fingerprint density at radius 2 is 2.11 bits per heavy atom. The molecule has 0 saturated carbocycles. The first-order chi connectivity index (χ1) is 12.6. The quantitative estimate of drug-likeness (QED) is 0.662. The summed E-state index contributed by atoms with van der Waals surface area (Å²) in [7, 11) is 0. The molecular weight excluding hydrogens is 414 g/mol. The van der Waals surface area contributed by atoms with Gasteiger partial charge in [-0.15, -0.1) is 10.2 Å². The number of hydrogen-bond donors (Lipinski definition) is 1. The number of carbonyl (C=O) groups excluding carboxylic acids is 1. The Bertz CT molecular complexity index is 1040. The molecule has 0 unspecified atom stereocenters. The highest BCUT2D eigenvalue weighted by Gasteiger charge is 2.44. The van der Waals surface area contributed by atoms with E-state index in [0.29, 0.717) is 30.2 Å². The van der Waals surface area contributed by atoms with Gasteiger partial charge >= 0.3 is 6.09 Å². The number of anilines is 1. The summed E-state index contributed by atoms with van der Waals surface area (Å²) in [5, 5.41) is 11.0. The van der Waals surface area contributed by atoms with E-state index in [1.54, 1.807) is 12.5 Å². The van der Waals surface area contributed by atoms with Crippen LogP contribution in [0.3, 0.4) is 0 Å². The molecule has 1 fully saturated rings. The van der Waals surface area contributed by atoms with Crippen LogP contribution in [0.2, 0.25) is 0 Å². The highest BCUT2D eigenvalue weighted by molar-refractivity contribution is 9.10. The van der Waals surface area contributed by atoms with Crippen LogP contribution in [0.4, 0.5) is 10.6 Å². The van der Waals surface area contributed by atoms with Gasteiger partial charge in [0.25, 0.3) is 0 Å². The van der Waals surface area contributed by atoms with Gasteiger partial charge in [0.15, 0.2) is 11.5 Å². The number of nitrogens with one attached hydrogen (secondary N) is 1. The van der Waals surface area contributed by atoms with E-state index in [2.05, 4.69) is 41.4 Å². The van der Waals surface area contributed by atoms with Gasteiger partial charge in [0.05, 0.1) is 18.6 Å². The van der Waals surface area contributed by atoms with Crippen molar-refractivity contribution in [3.63, 3.8) is 0 Å². The monoisotopic (exact) mass is 433 g/mol. The summed E-state index contributed by atoms with van der Waals surface area (Å²) >= 11 is 3.43. The second kappa shape index (κ2) is 6.01. The molecule has 4 rings (SSSR count). The number of hydrogen-bond acceptors (Lipinski definition) is 7. The van der Waals surface area contributed by atoms with E-state index in [0.717, 1.165) is 9.99 Å². The van der Waals surface area contributed by atoms with Crippen LogP contribution in [0.15, 0.2) is 23.1 Å². The number of pyridine rings is 1. The van der Waals surface area contributed by atoms with Crippen LogP contribution < -0.4 is 10.2 Å². The molecule has 0 aliphatic carbocycles. The number of amides is 1. The number of carbonyl (C=O) groups is 1. The molecule has 1 aliphatic heterocycles. The van der Waals surface area contributed by atoms with Crippen molar-refractivity contribution in [3.8, 4) is 0 Å². The molecule has 27 heavy (non-hydrogen) atoms. The number of halogens is 1. The first-order valence-electron chi connectivity index (χ1n) is 8.55.